The van der Waals surface area contributed by atoms with Crippen LogP contribution in [0.3, 0.4) is 0 Å². The highest BCUT2D eigenvalue weighted by Gasteiger charge is 2.12. The molecular formula is C23H22ClNO3. The van der Waals surface area contributed by atoms with Gasteiger partial charge in [-0.1, -0.05) is 35.9 Å². The van der Waals surface area contributed by atoms with Gasteiger partial charge in [0.25, 0.3) is 0 Å². The van der Waals surface area contributed by atoms with Crippen LogP contribution in [0, 0.1) is 6.92 Å². The third-order valence-electron chi connectivity index (χ3n) is 4.69. The van der Waals surface area contributed by atoms with Crippen molar-refractivity contribution >= 4 is 17.3 Å². The summed E-state index contributed by atoms with van der Waals surface area (Å²) in [6.07, 6.45) is 0. The lowest BCUT2D eigenvalue weighted by atomic mass is 10.1. The molecule has 0 aliphatic carbocycles. The highest BCUT2D eigenvalue weighted by molar-refractivity contribution is 6.30. The number of benzene rings is 3. The van der Waals surface area contributed by atoms with Gasteiger partial charge in [0.2, 0.25) is 0 Å². The predicted octanol–water partition coefficient (Wildman–Crippen LogP) is 5.61. The van der Waals surface area contributed by atoms with Crippen molar-refractivity contribution in [2.75, 3.05) is 18.5 Å². The van der Waals surface area contributed by atoms with Gasteiger partial charge in [0.1, 0.15) is 25.6 Å². The van der Waals surface area contributed by atoms with E-state index in [1.165, 1.54) is 11.1 Å². The van der Waals surface area contributed by atoms with Crippen molar-refractivity contribution in [2.45, 2.75) is 20.1 Å². The minimum absolute atomic E-state index is 0.519. The average Bonchev–Trinajstić information content (AvgIpc) is 2.72. The van der Waals surface area contributed by atoms with Crippen molar-refractivity contribution in [1.29, 1.82) is 0 Å². The Morgan fingerprint density at radius 2 is 1.75 bits per heavy atom. The molecule has 0 saturated heterocycles. The summed E-state index contributed by atoms with van der Waals surface area (Å²) in [6, 6.07) is 19.8. The molecule has 3 aromatic rings. The third kappa shape index (κ3) is 4.34. The second-order valence-corrected chi connectivity index (χ2v) is 7.12. The second-order valence-electron chi connectivity index (χ2n) is 6.68. The van der Waals surface area contributed by atoms with Gasteiger partial charge in [-0.05, 0) is 48.4 Å². The summed E-state index contributed by atoms with van der Waals surface area (Å²) >= 11 is 6.22. The topological polar surface area (TPSA) is 39.7 Å². The van der Waals surface area contributed by atoms with E-state index in [9.17, 15) is 0 Å². The number of hydrogen-bond donors (Lipinski definition) is 1. The van der Waals surface area contributed by atoms with Crippen LogP contribution in [0.2, 0.25) is 5.02 Å². The molecule has 1 heterocycles. The number of nitrogens with one attached hydrogen (secondary N) is 1. The van der Waals surface area contributed by atoms with E-state index in [4.69, 9.17) is 25.8 Å². The standard InChI is InChI=1S/C23H22ClNO3/c1-16-4-2-3-5-17(16)15-28-21-8-6-19(24)12-18(21)14-25-20-7-9-22-23(13-20)27-11-10-26-22/h2-9,12-13,25H,10-11,14-15H2,1H3. The maximum absolute atomic E-state index is 6.22. The quantitative estimate of drug-likeness (QED) is 0.588. The van der Waals surface area contributed by atoms with Gasteiger partial charge < -0.3 is 19.5 Å². The number of fused-ring (bicyclic) bond motifs is 1. The lowest BCUT2D eigenvalue weighted by Gasteiger charge is -2.19. The fourth-order valence-corrected chi connectivity index (χ4v) is 3.30. The number of rotatable bonds is 6. The lowest BCUT2D eigenvalue weighted by molar-refractivity contribution is 0.171. The summed E-state index contributed by atoms with van der Waals surface area (Å²) in [5.74, 6) is 2.36. The van der Waals surface area contributed by atoms with Crippen LogP contribution in [0.4, 0.5) is 5.69 Å². The molecule has 4 nitrogen and oxygen atoms in total. The summed E-state index contributed by atoms with van der Waals surface area (Å²) in [4.78, 5) is 0. The maximum atomic E-state index is 6.22. The fourth-order valence-electron chi connectivity index (χ4n) is 3.11. The zero-order valence-electron chi connectivity index (χ0n) is 15.7. The molecule has 0 radical (unpaired) electrons. The Morgan fingerprint density at radius 1 is 0.929 bits per heavy atom. The first-order valence-corrected chi connectivity index (χ1v) is 9.66. The molecule has 0 aromatic heterocycles. The monoisotopic (exact) mass is 395 g/mol. The minimum Gasteiger partial charge on any atom is -0.489 e. The highest BCUT2D eigenvalue weighted by Crippen LogP contribution is 2.33. The van der Waals surface area contributed by atoms with Gasteiger partial charge in [-0.2, -0.15) is 0 Å². The Bertz CT molecular complexity index is 974. The molecule has 0 fully saturated rings. The molecule has 0 spiro atoms. The maximum Gasteiger partial charge on any atom is 0.163 e. The van der Waals surface area contributed by atoms with E-state index in [1.807, 2.05) is 48.5 Å². The first kappa shape index (κ1) is 18.5. The van der Waals surface area contributed by atoms with Crippen LogP contribution in [0.25, 0.3) is 0 Å². The Hall–Kier alpha value is -2.85. The number of ether oxygens (including phenoxy) is 3. The van der Waals surface area contributed by atoms with Crippen LogP contribution in [0.1, 0.15) is 16.7 Å². The van der Waals surface area contributed by atoms with Crippen molar-refractivity contribution in [3.05, 3.63) is 82.4 Å². The molecule has 28 heavy (non-hydrogen) atoms. The molecule has 4 rings (SSSR count). The lowest BCUT2D eigenvalue weighted by Crippen LogP contribution is -2.15. The molecule has 5 heteroatoms. The van der Waals surface area contributed by atoms with Crippen molar-refractivity contribution in [3.63, 3.8) is 0 Å². The van der Waals surface area contributed by atoms with Crippen LogP contribution in [0.15, 0.2) is 60.7 Å². The molecule has 3 aromatic carbocycles. The second kappa shape index (κ2) is 8.44. The van der Waals surface area contributed by atoms with Crippen molar-refractivity contribution in [2.24, 2.45) is 0 Å². The van der Waals surface area contributed by atoms with E-state index in [1.54, 1.807) is 0 Å². The normalized spacial score (nSPS) is 12.5. The number of aryl methyl sites for hydroxylation is 1. The van der Waals surface area contributed by atoms with Gasteiger partial charge in [-0.15, -0.1) is 0 Å². The van der Waals surface area contributed by atoms with Gasteiger partial charge in [-0.25, -0.2) is 0 Å². The molecule has 0 bridgehead atoms. The van der Waals surface area contributed by atoms with E-state index in [0.29, 0.717) is 31.4 Å². The van der Waals surface area contributed by atoms with E-state index in [0.717, 1.165) is 28.5 Å². The molecular weight excluding hydrogens is 374 g/mol. The van der Waals surface area contributed by atoms with Crippen LogP contribution in [0.5, 0.6) is 17.2 Å². The zero-order chi connectivity index (χ0) is 19.3. The summed E-state index contributed by atoms with van der Waals surface area (Å²) < 4.78 is 17.3. The number of hydrogen-bond acceptors (Lipinski definition) is 4. The molecule has 144 valence electrons. The van der Waals surface area contributed by atoms with Crippen LogP contribution < -0.4 is 19.5 Å². The largest absolute Gasteiger partial charge is 0.489 e. The van der Waals surface area contributed by atoms with Crippen LogP contribution in [-0.2, 0) is 13.2 Å². The third-order valence-corrected chi connectivity index (χ3v) is 4.93. The molecule has 0 atom stereocenters. The molecule has 1 N–H and O–H groups in total. The molecule has 0 saturated carbocycles. The predicted molar refractivity (Wildman–Crippen MR) is 112 cm³/mol. The van der Waals surface area contributed by atoms with Crippen molar-refractivity contribution in [3.8, 4) is 17.2 Å². The first-order chi connectivity index (χ1) is 13.7. The van der Waals surface area contributed by atoms with Gasteiger partial charge >= 0.3 is 0 Å². The molecule has 0 amide bonds. The van der Waals surface area contributed by atoms with E-state index in [2.05, 4.69) is 24.4 Å². The summed E-state index contributed by atoms with van der Waals surface area (Å²) in [7, 11) is 0. The minimum atomic E-state index is 0.519. The van der Waals surface area contributed by atoms with Gasteiger partial charge in [0, 0.05) is 28.9 Å². The van der Waals surface area contributed by atoms with E-state index < -0.39 is 0 Å². The highest BCUT2D eigenvalue weighted by atomic mass is 35.5. The van der Waals surface area contributed by atoms with E-state index >= 15 is 0 Å². The summed E-state index contributed by atoms with van der Waals surface area (Å²) in [5.41, 5.74) is 4.33. The van der Waals surface area contributed by atoms with Crippen LogP contribution in [-0.4, -0.2) is 13.2 Å². The van der Waals surface area contributed by atoms with Crippen molar-refractivity contribution in [1.82, 2.24) is 0 Å². The average molecular weight is 396 g/mol. The number of anilines is 1. The molecule has 1 aliphatic heterocycles. The summed E-state index contributed by atoms with van der Waals surface area (Å²) in [5, 5.41) is 4.10. The number of halogens is 1. The smallest absolute Gasteiger partial charge is 0.163 e. The molecule has 1 aliphatic rings. The van der Waals surface area contributed by atoms with Crippen molar-refractivity contribution < 1.29 is 14.2 Å². The fraction of sp³-hybridized carbons (Fsp3) is 0.217. The first-order valence-electron chi connectivity index (χ1n) is 9.28. The van der Waals surface area contributed by atoms with Crippen LogP contribution >= 0.6 is 11.6 Å². The Kier molecular flexibility index (Phi) is 5.58. The zero-order valence-corrected chi connectivity index (χ0v) is 16.5. The Labute approximate surface area is 170 Å². The van der Waals surface area contributed by atoms with Gasteiger partial charge in [-0.3, -0.25) is 0 Å². The SMILES string of the molecule is Cc1ccccc1COc1ccc(Cl)cc1CNc1ccc2c(c1)OCCO2. The van der Waals surface area contributed by atoms with E-state index in [-0.39, 0.29) is 0 Å². The summed E-state index contributed by atoms with van der Waals surface area (Å²) in [6.45, 7) is 4.35. The Balaban J connectivity index is 1.47. The Morgan fingerprint density at radius 3 is 2.61 bits per heavy atom. The van der Waals surface area contributed by atoms with Gasteiger partial charge in [0.05, 0.1) is 0 Å². The van der Waals surface area contributed by atoms with Gasteiger partial charge in [0.15, 0.2) is 11.5 Å². The molecule has 0 unspecified atom stereocenters.